The number of carbonyl (C=O) groups is 1. The van der Waals surface area contributed by atoms with Crippen LogP contribution >= 0.6 is 0 Å². The molecule has 0 fully saturated rings. The van der Waals surface area contributed by atoms with Gasteiger partial charge >= 0.3 is 103 Å². The number of rotatable bonds is 0. The third-order valence-electron chi connectivity index (χ3n) is 2.99. The quantitative estimate of drug-likeness (QED) is 0.304. The number of carboxylic acid groups (broad SMARTS) is 2. The van der Waals surface area contributed by atoms with Gasteiger partial charge in [-0.3, -0.25) is 0 Å². The molecule has 2 aromatic carbocycles. The number of furan rings is 1. The Morgan fingerprint density at radius 1 is 1.00 bits per heavy atom. The molecule has 90 valence electrons. The summed E-state index contributed by atoms with van der Waals surface area (Å²) in [5, 5.41) is 19.3. The molecule has 0 spiro atoms. The fourth-order valence-corrected chi connectivity index (χ4v) is 2.22. The van der Waals surface area contributed by atoms with E-state index in [4.69, 9.17) is 19.4 Å². The fraction of sp³-hybridized carbons (Fsp3) is 0.0714. The largest absolute Gasteiger partial charge is 1.00 e. The van der Waals surface area contributed by atoms with Gasteiger partial charge in [-0.2, -0.15) is 0 Å². The first kappa shape index (κ1) is 18.8. The molecule has 0 radical (unpaired) electrons. The molecule has 1 aromatic heterocycles. The van der Waals surface area contributed by atoms with Crippen molar-refractivity contribution in [2.75, 3.05) is 0 Å². The second-order valence-corrected chi connectivity index (χ2v) is 4.10. The minimum absolute atomic E-state index is 0. The van der Waals surface area contributed by atoms with Crippen LogP contribution in [0, 0.1) is 0 Å². The van der Waals surface area contributed by atoms with Gasteiger partial charge in [0.1, 0.15) is 11.2 Å². The van der Waals surface area contributed by atoms with Crippen LogP contribution in [0.3, 0.4) is 0 Å². The number of hydrogen-bond donors (Lipinski definition) is 0. The minimum atomic E-state index is -2.33. The summed E-state index contributed by atoms with van der Waals surface area (Å²) in [4.78, 5) is 8.33. The van der Waals surface area contributed by atoms with E-state index in [0.29, 0.717) is 0 Å². The summed E-state index contributed by atoms with van der Waals surface area (Å²) in [7, 11) is 0. The summed E-state index contributed by atoms with van der Waals surface area (Å²) in [6.45, 7) is 0. The van der Waals surface area contributed by atoms with Crippen molar-refractivity contribution in [2.45, 2.75) is 6.42 Å². The van der Waals surface area contributed by atoms with Crippen LogP contribution in [-0.4, -0.2) is 6.16 Å². The topological polar surface area (TPSA) is 76.3 Å². The van der Waals surface area contributed by atoms with Crippen molar-refractivity contribution >= 4 is 28.1 Å². The molecule has 1 aliphatic rings. The smallest absolute Gasteiger partial charge is 0.652 e. The second-order valence-electron chi connectivity index (χ2n) is 4.10. The van der Waals surface area contributed by atoms with Gasteiger partial charge in [0.15, 0.2) is 0 Å². The Kier molecular flexibility index (Phi) is 7.41. The molecule has 6 heteroatoms. The Balaban J connectivity index is 0.000000302. The summed E-state index contributed by atoms with van der Waals surface area (Å²) in [6, 6.07) is 12.5. The molecule has 1 heterocycles. The van der Waals surface area contributed by atoms with Gasteiger partial charge in [0.25, 0.3) is 0 Å². The molecule has 0 amide bonds. The van der Waals surface area contributed by atoms with Crippen LogP contribution in [0.15, 0.2) is 40.8 Å². The van der Waals surface area contributed by atoms with Crippen LogP contribution in [0.1, 0.15) is 11.1 Å². The molecule has 4 rings (SSSR count). The SMILES string of the molecule is O=C([O-])[O-].[K+].[K+].c1ccc2c(c1)oc1ccc3c(c12)C3. The zero-order chi connectivity index (χ0) is 12.7. The van der Waals surface area contributed by atoms with Gasteiger partial charge in [-0.25, -0.2) is 0 Å². The van der Waals surface area contributed by atoms with Gasteiger partial charge in [0.05, 0.1) is 0 Å². The maximum Gasteiger partial charge on any atom is 1.00 e. The van der Waals surface area contributed by atoms with Crippen LogP contribution in [-0.2, 0) is 6.42 Å². The number of carbonyl (C=O) groups excluding carboxylic acids is 1. The van der Waals surface area contributed by atoms with Crippen molar-refractivity contribution in [3.63, 3.8) is 0 Å². The summed E-state index contributed by atoms with van der Waals surface area (Å²) in [5.41, 5.74) is 4.99. The Morgan fingerprint density at radius 2 is 1.65 bits per heavy atom. The Hall–Kier alpha value is 0.783. The number of para-hydroxylation sites is 1. The van der Waals surface area contributed by atoms with E-state index in [-0.39, 0.29) is 103 Å². The first-order chi connectivity index (χ1) is 8.66. The van der Waals surface area contributed by atoms with Gasteiger partial charge in [-0.1, -0.05) is 24.3 Å². The molecule has 0 N–H and O–H groups in total. The third-order valence-corrected chi connectivity index (χ3v) is 2.99. The summed E-state index contributed by atoms with van der Waals surface area (Å²) in [6.07, 6.45) is -1.19. The minimum Gasteiger partial charge on any atom is -0.652 e. The standard InChI is InChI=1S/C13H8O.CH2O3.2K/c1-2-4-11-9(3-1)13-10-7-8(10)5-6-12(13)14-11;2-1(3)4;;/h1-6H,7H2;(H2,2,3,4);;/q;;2*+1/p-2. The van der Waals surface area contributed by atoms with E-state index in [1.54, 1.807) is 0 Å². The Bertz CT molecular complexity index is 760. The molecule has 4 nitrogen and oxygen atoms in total. The van der Waals surface area contributed by atoms with E-state index in [1.807, 2.05) is 12.1 Å². The van der Waals surface area contributed by atoms with E-state index >= 15 is 0 Å². The predicted molar refractivity (Wildman–Crippen MR) is 61.9 cm³/mol. The van der Waals surface area contributed by atoms with Gasteiger partial charge in [-0.05, 0) is 35.8 Å². The van der Waals surface area contributed by atoms with Crippen LogP contribution in [0.25, 0.3) is 21.9 Å². The van der Waals surface area contributed by atoms with Crippen molar-refractivity contribution in [2.24, 2.45) is 0 Å². The molecule has 0 saturated carbocycles. The van der Waals surface area contributed by atoms with Crippen molar-refractivity contribution in [1.82, 2.24) is 0 Å². The zero-order valence-electron chi connectivity index (χ0n) is 11.3. The molecule has 1 aliphatic carbocycles. The van der Waals surface area contributed by atoms with Gasteiger partial charge in [-0.15, -0.1) is 0 Å². The Labute approximate surface area is 200 Å². The monoisotopic (exact) mass is 318 g/mol. The second kappa shape index (κ2) is 7.87. The molecule has 0 aliphatic heterocycles. The van der Waals surface area contributed by atoms with E-state index in [9.17, 15) is 0 Å². The van der Waals surface area contributed by atoms with Gasteiger partial charge in [0.2, 0.25) is 0 Å². The molecule has 0 atom stereocenters. The maximum absolute atomic E-state index is 8.33. The maximum atomic E-state index is 8.33. The molecular weight excluding hydrogens is 310 g/mol. The Morgan fingerprint density at radius 3 is 2.35 bits per heavy atom. The molecule has 0 bridgehead atoms. The van der Waals surface area contributed by atoms with Crippen molar-refractivity contribution < 1.29 is 122 Å². The molecule has 0 saturated heterocycles. The normalized spacial score (nSPS) is 10.6. The van der Waals surface area contributed by atoms with Crippen LogP contribution in [0.5, 0.6) is 0 Å². The first-order valence-corrected chi connectivity index (χ1v) is 5.47. The van der Waals surface area contributed by atoms with Gasteiger partial charge < -0.3 is 19.4 Å². The molecular formula is C14H8K2O4. The van der Waals surface area contributed by atoms with Crippen LogP contribution < -0.4 is 113 Å². The predicted octanol–water partition coefficient (Wildman–Crippen LogP) is -4.95. The average Bonchev–Trinajstić information content (AvgIpc) is 3.01. The summed E-state index contributed by atoms with van der Waals surface area (Å²) < 4.78 is 5.77. The number of fused-ring (bicyclic) bond motifs is 5. The van der Waals surface area contributed by atoms with E-state index in [1.165, 1.54) is 21.9 Å². The van der Waals surface area contributed by atoms with E-state index in [2.05, 4.69) is 24.3 Å². The molecule has 3 aromatic rings. The third kappa shape index (κ3) is 3.95. The van der Waals surface area contributed by atoms with E-state index < -0.39 is 6.16 Å². The van der Waals surface area contributed by atoms with E-state index in [0.717, 1.165) is 17.6 Å². The van der Waals surface area contributed by atoms with Crippen LogP contribution in [0.4, 0.5) is 4.79 Å². The fourth-order valence-electron chi connectivity index (χ4n) is 2.22. The summed E-state index contributed by atoms with van der Waals surface area (Å²) >= 11 is 0. The zero-order valence-corrected chi connectivity index (χ0v) is 17.6. The van der Waals surface area contributed by atoms with Crippen molar-refractivity contribution in [1.29, 1.82) is 0 Å². The average molecular weight is 318 g/mol. The van der Waals surface area contributed by atoms with Crippen LogP contribution in [0.2, 0.25) is 0 Å². The number of benzene rings is 2. The summed E-state index contributed by atoms with van der Waals surface area (Å²) in [5.74, 6) is 0. The van der Waals surface area contributed by atoms with Gasteiger partial charge in [0, 0.05) is 10.8 Å². The molecule has 0 unspecified atom stereocenters. The van der Waals surface area contributed by atoms with Crippen molar-refractivity contribution in [3.8, 4) is 0 Å². The first-order valence-electron chi connectivity index (χ1n) is 5.47. The number of hydrogen-bond acceptors (Lipinski definition) is 4. The molecule has 20 heavy (non-hydrogen) atoms. The van der Waals surface area contributed by atoms with Crippen molar-refractivity contribution in [3.05, 3.63) is 47.5 Å².